The minimum atomic E-state index is 0.307. The molecule has 18 heavy (non-hydrogen) atoms. The van der Waals surface area contributed by atoms with E-state index in [4.69, 9.17) is 5.73 Å². The number of anilines is 1. The van der Waals surface area contributed by atoms with Crippen LogP contribution < -0.4 is 10.6 Å². The molecule has 1 aromatic rings. The summed E-state index contributed by atoms with van der Waals surface area (Å²) in [5.41, 5.74) is 9.18. The van der Waals surface area contributed by atoms with E-state index >= 15 is 0 Å². The SMILES string of the molecule is CCC1CN(c2cc(C)ccc2C#N)CCC1N. The van der Waals surface area contributed by atoms with Crippen LogP contribution in [0.5, 0.6) is 0 Å². The monoisotopic (exact) mass is 243 g/mol. The summed E-state index contributed by atoms with van der Waals surface area (Å²) in [6.07, 6.45) is 2.11. The number of hydrogen-bond acceptors (Lipinski definition) is 3. The lowest BCUT2D eigenvalue weighted by Crippen LogP contribution is -2.47. The Kier molecular flexibility index (Phi) is 3.88. The summed E-state index contributed by atoms with van der Waals surface area (Å²) in [5, 5.41) is 9.21. The summed E-state index contributed by atoms with van der Waals surface area (Å²) in [5.74, 6) is 0.533. The van der Waals surface area contributed by atoms with E-state index in [1.54, 1.807) is 0 Å². The van der Waals surface area contributed by atoms with Crippen molar-refractivity contribution in [2.24, 2.45) is 11.7 Å². The number of benzene rings is 1. The summed E-state index contributed by atoms with van der Waals surface area (Å²) in [6.45, 7) is 6.18. The zero-order valence-corrected chi connectivity index (χ0v) is 11.2. The average Bonchev–Trinajstić information content (AvgIpc) is 2.39. The highest BCUT2D eigenvalue weighted by Gasteiger charge is 2.26. The van der Waals surface area contributed by atoms with E-state index < -0.39 is 0 Å². The second kappa shape index (κ2) is 5.41. The van der Waals surface area contributed by atoms with Crippen LogP contribution in [0.4, 0.5) is 5.69 Å². The van der Waals surface area contributed by atoms with Gasteiger partial charge in [-0.05, 0) is 37.0 Å². The highest BCUT2D eigenvalue weighted by atomic mass is 15.1. The average molecular weight is 243 g/mol. The zero-order valence-electron chi connectivity index (χ0n) is 11.2. The van der Waals surface area contributed by atoms with E-state index in [0.29, 0.717) is 12.0 Å². The predicted octanol–water partition coefficient (Wildman–Crippen LogP) is 2.43. The van der Waals surface area contributed by atoms with Gasteiger partial charge in [-0.1, -0.05) is 19.4 Å². The number of nitriles is 1. The maximum atomic E-state index is 9.21. The van der Waals surface area contributed by atoms with Gasteiger partial charge in [0.05, 0.1) is 11.3 Å². The minimum Gasteiger partial charge on any atom is -0.370 e. The van der Waals surface area contributed by atoms with Crippen molar-refractivity contribution in [2.75, 3.05) is 18.0 Å². The Bertz CT molecular complexity index is 461. The Hall–Kier alpha value is -1.53. The molecule has 0 aliphatic carbocycles. The molecule has 0 spiro atoms. The van der Waals surface area contributed by atoms with Crippen molar-refractivity contribution in [1.82, 2.24) is 0 Å². The van der Waals surface area contributed by atoms with Gasteiger partial charge >= 0.3 is 0 Å². The first-order valence-corrected chi connectivity index (χ1v) is 6.67. The molecule has 1 fully saturated rings. The Morgan fingerprint density at radius 3 is 2.94 bits per heavy atom. The van der Waals surface area contributed by atoms with E-state index in [1.807, 2.05) is 12.1 Å². The summed E-state index contributed by atoms with van der Waals surface area (Å²) in [6, 6.07) is 8.62. The van der Waals surface area contributed by atoms with Crippen LogP contribution in [0.2, 0.25) is 0 Å². The second-order valence-electron chi connectivity index (χ2n) is 5.20. The lowest BCUT2D eigenvalue weighted by molar-refractivity contribution is 0.348. The molecule has 0 amide bonds. The molecule has 1 aliphatic rings. The maximum absolute atomic E-state index is 9.21. The van der Waals surface area contributed by atoms with E-state index in [0.717, 1.165) is 37.2 Å². The van der Waals surface area contributed by atoms with Crippen LogP contribution in [-0.4, -0.2) is 19.1 Å². The van der Waals surface area contributed by atoms with Gasteiger partial charge in [0.2, 0.25) is 0 Å². The molecule has 0 saturated carbocycles. The summed E-state index contributed by atoms with van der Waals surface area (Å²) < 4.78 is 0. The van der Waals surface area contributed by atoms with Crippen LogP contribution in [-0.2, 0) is 0 Å². The van der Waals surface area contributed by atoms with Gasteiger partial charge in [0.15, 0.2) is 0 Å². The number of nitrogens with zero attached hydrogens (tertiary/aromatic N) is 2. The first-order chi connectivity index (χ1) is 8.65. The quantitative estimate of drug-likeness (QED) is 0.868. The molecule has 2 rings (SSSR count). The smallest absolute Gasteiger partial charge is 0.101 e. The molecule has 0 aromatic heterocycles. The third kappa shape index (κ3) is 2.49. The van der Waals surface area contributed by atoms with Crippen LogP contribution in [0.15, 0.2) is 18.2 Å². The van der Waals surface area contributed by atoms with Crippen LogP contribution >= 0.6 is 0 Å². The molecular weight excluding hydrogens is 222 g/mol. The molecule has 3 heteroatoms. The van der Waals surface area contributed by atoms with Crippen molar-refractivity contribution in [2.45, 2.75) is 32.7 Å². The second-order valence-corrected chi connectivity index (χ2v) is 5.20. The van der Waals surface area contributed by atoms with E-state index in [2.05, 4.69) is 30.9 Å². The number of piperidine rings is 1. The van der Waals surface area contributed by atoms with Crippen LogP contribution in [0.3, 0.4) is 0 Å². The first kappa shape index (κ1) is 12.9. The van der Waals surface area contributed by atoms with Crippen molar-refractivity contribution >= 4 is 5.69 Å². The van der Waals surface area contributed by atoms with Gasteiger partial charge in [-0.25, -0.2) is 0 Å². The first-order valence-electron chi connectivity index (χ1n) is 6.67. The predicted molar refractivity (Wildman–Crippen MR) is 74.5 cm³/mol. The summed E-state index contributed by atoms with van der Waals surface area (Å²) >= 11 is 0. The van der Waals surface area contributed by atoms with E-state index in [1.165, 1.54) is 5.56 Å². The van der Waals surface area contributed by atoms with Gasteiger partial charge in [0.25, 0.3) is 0 Å². The molecule has 1 aliphatic heterocycles. The van der Waals surface area contributed by atoms with Crippen LogP contribution in [0.1, 0.15) is 30.9 Å². The lowest BCUT2D eigenvalue weighted by atomic mass is 9.90. The maximum Gasteiger partial charge on any atom is 0.101 e. The molecule has 2 unspecified atom stereocenters. The largest absolute Gasteiger partial charge is 0.370 e. The molecular formula is C15H21N3. The molecule has 0 bridgehead atoms. The fourth-order valence-electron chi connectivity index (χ4n) is 2.70. The Morgan fingerprint density at radius 1 is 1.50 bits per heavy atom. The molecule has 1 aromatic carbocycles. The fraction of sp³-hybridized carbons (Fsp3) is 0.533. The summed E-state index contributed by atoms with van der Waals surface area (Å²) in [7, 11) is 0. The van der Waals surface area contributed by atoms with E-state index in [9.17, 15) is 5.26 Å². The molecule has 1 saturated heterocycles. The molecule has 0 radical (unpaired) electrons. The third-order valence-corrected chi connectivity index (χ3v) is 3.93. The Labute approximate surface area is 109 Å². The van der Waals surface area contributed by atoms with Gasteiger partial charge in [-0.15, -0.1) is 0 Å². The molecule has 96 valence electrons. The van der Waals surface area contributed by atoms with Crippen molar-refractivity contribution in [3.05, 3.63) is 29.3 Å². The molecule has 3 nitrogen and oxygen atoms in total. The van der Waals surface area contributed by atoms with E-state index in [-0.39, 0.29) is 0 Å². The number of nitrogens with two attached hydrogens (primary N) is 1. The van der Waals surface area contributed by atoms with Gasteiger partial charge in [0, 0.05) is 19.1 Å². The highest BCUT2D eigenvalue weighted by molar-refractivity contribution is 5.61. The van der Waals surface area contributed by atoms with Crippen LogP contribution in [0.25, 0.3) is 0 Å². The van der Waals surface area contributed by atoms with Crippen LogP contribution in [0, 0.1) is 24.2 Å². The van der Waals surface area contributed by atoms with Gasteiger partial charge in [-0.2, -0.15) is 5.26 Å². The van der Waals surface area contributed by atoms with Crippen molar-refractivity contribution in [3.63, 3.8) is 0 Å². The van der Waals surface area contributed by atoms with Crippen molar-refractivity contribution < 1.29 is 0 Å². The van der Waals surface area contributed by atoms with Crippen molar-refractivity contribution in [1.29, 1.82) is 5.26 Å². The molecule has 1 heterocycles. The molecule has 2 atom stereocenters. The number of hydrogen-bond donors (Lipinski definition) is 1. The molecule has 2 N–H and O–H groups in total. The number of rotatable bonds is 2. The topological polar surface area (TPSA) is 53.0 Å². The summed E-state index contributed by atoms with van der Waals surface area (Å²) in [4.78, 5) is 2.32. The van der Waals surface area contributed by atoms with Gasteiger partial charge in [-0.3, -0.25) is 0 Å². The normalized spacial score (nSPS) is 23.8. The minimum absolute atomic E-state index is 0.307. The third-order valence-electron chi connectivity index (χ3n) is 3.93. The lowest BCUT2D eigenvalue weighted by Gasteiger charge is -2.38. The fourth-order valence-corrected chi connectivity index (χ4v) is 2.70. The highest BCUT2D eigenvalue weighted by Crippen LogP contribution is 2.27. The Morgan fingerprint density at radius 2 is 2.28 bits per heavy atom. The number of aryl methyl sites for hydroxylation is 1. The van der Waals surface area contributed by atoms with Crippen molar-refractivity contribution in [3.8, 4) is 6.07 Å². The zero-order chi connectivity index (χ0) is 13.1. The Balaban J connectivity index is 2.27. The van der Waals surface area contributed by atoms with Gasteiger partial charge in [0.1, 0.15) is 6.07 Å². The van der Waals surface area contributed by atoms with Gasteiger partial charge < -0.3 is 10.6 Å². The standard InChI is InChI=1S/C15H21N3/c1-3-12-10-18(7-6-14(12)17)15-8-11(2)4-5-13(15)9-16/h4-5,8,12,14H,3,6-7,10,17H2,1-2H3.